The molecule has 0 saturated heterocycles. The lowest BCUT2D eigenvalue weighted by molar-refractivity contribution is 0.0698. The van der Waals surface area contributed by atoms with Gasteiger partial charge in [0.25, 0.3) is 0 Å². The zero-order valence-electron chi connectivity index (χ0n) is 10.9. The maximum atomic E-state index is 11.0. The second kappa shape index (κ2) is 6.46. The maximum Gasteiger partial charge on any atom is 0.337 e. The molecule has 0 unspecified atom stereocenters. The van der Waals surface area contributed by atoms with Crippen molar-refractivity contribution in [2.24, 2.45) is 5.92 Å². The van der Waals surface area contributed by atoms with Crippen molar-refractivity contribution >= 4 is 25.7 Å². The normalized spacial score (nSPS) is 16.6. The van der Waals surface area contributed by atoms with Gasteiger partial charge in [0.2, 0.25) is 7.98 Å². The average Bonchev–Trinajstić information content (AvgIpc) is 2.45. The fourth-order valence-corrected chi connectivity index (χ4v) is 2.55. The largest absolute Gasteiger partial charge is 0.478 e. The quantitative estimate of drug-likeness (QED) is 0.810. The van der Waals surface area contributed by atoms with E-state index >= 15 is 0 Å². The number of aromatic carboxylic acids is 1. The first-order valence-electron chi connectivity index (χ1n) is 6.73. The third kappa shape index (κ3) is 3.63. The topological polar surface area (TPSA) is 49.3 Å². The van der Waals surface area contributed by atoms with Gasteiger partial charge in [0.05, 0.1) is 5.56 Å². The highest BCUT2D eigenvalue weighted by Gasteiger charge is 2.11. The summed E-state index contributed by atoms with van der Waals surface area (Å²) in [7, 11) is 5.36. The van der Waals surface area contributed by atoms with Crippen LogP contribution in [-0.4, -0.2) is 19.1 Å². The summed E-state index contributed by atoms with van der Waals surface area (Å²) >= 11 is 0. The Bertz CT molecular complexity index is 479. The number of allylic oxidation sites excluding steroid dienone is 1. The zero-order valence-corrected chi connectivity index (χ0v) is 10.9. The fourth-order valence-electron chi connectivity index (χ4n) is 2.55. The Morgan fingerprint density at radius 2 is 2.05 bits per heavy atom. The first-order chi connectivity index (χ1) is 9.20. The van der Waals surface area contributed by atoms with Crippen LogP contribution in [0.4, 0.5) is 5.69 Å². The number of hydrogen-bond donors (Lipinski definition) is 2. The Morgan fingerprint density at radius 3 is 2.68 bits per heavy atom. The molecule has 0 heterocycles. The van der Waals surface area contributed by atoms with E-state index in [4.69, 9.17) is 13.1 Å². The molecule has 3 nitrogen and oxygen atoms in total. The number of nitrogens with one attached hydrogen (secondary N) is 1. The van der Waals surface area contributed by atoms with E-state index in [1.54, 1.807) is 12.1 Å². The van der Waals surface area contributed by atoms with E-state index in [1.807, 2.05) is 6.07 Å². The Morgan fingerprint density at radius 1 is 1.32 bits per heavy atom. The van der Waals surface area contributed by atoms with Crippen molar-refractivity contribution in [3.8, 4) is 0 Å². The van der Waals surface area contributed by atoms with Gasteiger partial charge in [0, 0.05) is 5.69 Å². The zero-order chi connectivity index (χ0) is 13.7. The molecule has 19 heavy (non-hydrogen) atoms. The number of benzene rings is 1. The Hall–Kier alpha value is -1.71. The highest BCUT2D eigenvalue weighted by atomic mass is 16.4. The minimum Gasteiger partial charge on any atom is -0.478 e. The lowest BCUT2D eigenvalue weighted by Gasteiger charge is -2.17. The monoisotopic (exact) mass is 255 g/mol. The minimum atomic E-state index is -0.976. The molecule has 1 aliphatic carbocycles. The minimum absolute atomic E-state index is 0.192. The maximum absolute atomic E-state index is 11.0. The summed E-state index contributed by atoms with van der Waals surface area (Å²) < 4.78 is 0. The molecular weight excluding hydrogens is 237 g/mol. The first kappa shape index (κ1) is 13.7. The van der Waals surface area contributed by atoms with E-state index in [0.29, 0.717) is 11.6 Å². The summed E-state index contributed by atoms with van der Waals surface area (Å²) in [6.07, 6.45) is 10.8. The van der Waals surface area contributed by atoms with Crippen LogP contribution < -0.4 is 5.23 Å². The van der Waals surface area contributed by atoms with Gasteiger partial charge in [-0.1, -0.05) is 37.5 Å². The highest BCUT2D eigenvalue weighted by Crippen LogP contribution is 2.26. The van der Waals surface area contributed by atoms with Gasteiger partial charge in [-0.15, -0.1) is 0 Å². The predicted octanol–water partition coefficient (Wildman–Crippen LogP) is 3.47. The van der Waals surface area contributed by atoms with Crippen molar-refractivity contribution in [1.82, 2.24) is 0 Å². The van der Waals surface area contributed by atoms with Gasteiger partial charge >= 0.3 is 5.97 Å². The van der Waals surface area contributed by atoms with Gasteiger partial charge in [-0.3, -0.25) is 0 Å². The standard InChI is InChI=1S/C15H18BNO2/c16-17-14-10-12(8-9-13(14)15(18)19)7-6-11-4-2-1-3-5-11/h6-11,17H,1-5H2,(H,18,19)/b7-6+. The molecule has 0 amide bonds. The van der Waals surface area contributed by atoms with Gasteiger partial charge in [-0.2, -0.15) is 0 Å². The van der Waals surface area contributed by atoms with Crippen LogP contribution in [0.5, 0.6) is 0 Å². The lowest BCUT2D eigenvalue weighted by Crippen LogP contribution is -2.04. The van der Waals surface area contributed by atoms with Gasteiger partial charge in [0.15, 0.2) is 0 Å². The smallest absolute Gasteiger partial charge is 0.337 e. The van der Waals surface area contributed by atoms with Crippen LogP contribution in [0.15, 0.2) is 24.3 Å². The van der Waals surface area contributed by atoms with E-state index < -0.39 is 5.97 Å². The summed E-state index contributed by atoms with van der Waals surface area (Å²) in [6, 6.07) is 5.16. The molecule has 1 aromatic rings. The van der Waals surface area contributed by atoms with Crippen LogP contribution in [0.2, 0.25) is 0 Å². The molecule has 2 rings (SSSR count). The molecule has 0 atom stereocenters. The van der Waals surface area contributed by atoms with Crippen molar-refractivity contribution in [1.29, 1.82) is 0 Å². The van der Waals surface area contributed by atoms with E-state index in [0.717, 1.165) is 5.56 Å². The first-order valence-corrected chi connectivity index (χ1v) is 6.73. The second-order valence-electron chi connectivity index (χ2n) is 5.01. The molecule has 2 N–H and O–H groups in total. The van der Waals surface area contributed by atoms with Gasteiger partial charge in [-0.05, 0) is 36.5 Å². The molecule has 1 saturated carbocycles. The molecule has 0 spiro atoms. The van der Waals surface area contributed by atoms with Crippen molar-refractivity contribution < 1.29 is 9.90 Å². The van der Waals surface area contributed by atoms with Crippen LogP contribution >= 0.6 is 0 Å². The average molecular weight is 255 g/mol. The Balaban J connectivity index is 2.12. The molecule has 4 heteroatoms. The van der Waals surface area contributed by atoms with Crippen LogP contribution in [0, 0.1) is 5.92 Å². The fraction of sp³-hybridized carbons (Fsp3) is 0.400. The molecule has 0 aromatic heterocycles. The number of carboxylic acid groups (broad SMARTS) is 1. The van der Waals surface area contributed by atoms with Crippen LogP contribution in [-0.2, 0) is 0 Å². The van der Waals surface area contributed by atoms with E-state index in [1.165, 1.54) is 32.1 Å². The highest BCUT2D eigenvalue weighted by molar-refractivity contribution is 6.17. The van der Waals surface area contributed by atoms with Gasteiger partial charge in [-0.25, -0.2) is 4.79 Å². The summed E-state index contributed by atoms with van der Waals surface area (Å²) in [5.41, 5.74) is 1.61. The molecule has 1 fully saturated rings. The van der Waals surface area contributed by atoms with Gasteiger partial charge < -0.3 is 10.3 Å². The van der Waals surface area contributed by atoms with Crippen molar-refractivity contribution in [3.05, 3.63) is 35.4 Å². The molecule has 0 bridgehead atoms. The van der Waals surface area contributed by atoms with Gasteiger partial charge in [0.1, 0.15) is 0 Å². The third-order valence-electron chi connectivity index (χ3n) is 3.64. The molecule has 1 aliphatic rings. The van der Waals surface area contributed by atoms with Crippen molar-refractivity contribution in [3.63, 3.8) is 0 Å². The van der Waals surface area contributed by atoms with E-state index in [-0.39, 0.29) is 5.56 Å². The van der Waals surface area contributed by atoms with Crippen LogP contribution in [0.25, 0.3) is 6.08 Å². The predicted molar refractivity (Wildman–Crippen MR) is 78.4 cm³/mol. The van der Waals surface area contributed by atoms with E-state index in [9.17, 15) is 4.79 Å². The molecule has 2 radical (unpaired) electrons. The summed E-state index contributed by atoms with van der Waals surface area (Å²) in [6.45, 7) is 0. The second-order valence-corrected chi connectivity index (χ2v) is 5.01. The molecule has 0 aliphatic heterocycles. The third-order valence-corrected chi connectivity index (χ3v) is 3.64. The lowest BCUT2D eigenvalue weighted by atomic mass is 9.88. The number of rotatable bonds is 4. The molecule has 98 valence electrons. The number of carboxylic acids is 1. The summed E-state index contributed by atoms with van der Waals surface area (Å²) in [5, 5.41) is 11.4. The summed E-state index contributed by atoms with van der Waals surface area (Å²) in [4.78, 5) is 11.0. The van der Waals surface area contributed by atoms with Crippen molar-refractivity contribution in [2.45, 2.75) is 32.1 Å². The number of carbonyl (C=O) groups is 1. The van der Waals surface area contributed by atoms with E-state index in [2.05, 4.69) is 17.4 Å². The van der Waals surface area contributed by atoms with Crippen molar-refractivity contribution in [2.75, 3.05) is 5.23 Å². The Kier molecular flexibility index (Phi) is 4.66. The number of hydrogen-bond acceptors (Lipinski definition) is 2. The van der Waals surface area contributed by atoms with Crippen LogP contribution in [0.1, 0.15) is 48.0 Å². The molecular formula is C15H18BNO2. The molecule has 1 aromatic carbocycles. The number of anilines is 1. The van der Waals surface area contributed by atoms with Crippen LogP contribution in [0.3, 0.4) is 0 Å². The SMILES string of the molecule is [B]Nc1cc(/C=C/C2CCCCC2)ccc1C(=O)O. The summed E-state index contributed by atoms with van der Waals surface area (Å²) in [5.74, 6) is -0.321. The Labute approximate surface area is 115 Å².